The SMILES string of the molecule is CC(=O)COc1ccc2c(c1)CC(N(Cc1ccccc1)CC(O)c1cccc(Cl)c1)CCC2.Cl. The van der Waals surface area contributed by atoms with E-state index in [1.165, 1.54) is 23.6 Å². The molecule has 0 fully saturated rings. The molecule has 0 aliphatic heterocycles. The zero-order chi connectivity index (χ0) is 23.9. The summed E-state index contributed by atoms with van der Waals surface area (Å²) >= 11 is 6.18. The van der Waals surface area contributed by atoms with Crippen LogP contribution >= 0.6 is 24.0 Å². The number of nitrogens with zero attached hydrogens (tertiary/aromatic N) is 1. The van der Waals surface area contributed by atoms with Gasteiger partial charge in [-0.3, -0.25) is 9.69 Å². The lowest BCUT2D eigenvalue weighted by molar-refractivity contribution is -0.118. The van der Waals surface area contributed by atoms with Gasteiger partial charge in [-0.15, -0.1) is 12.4 Å². The molecule has 1 aliphatic rings. The van der Waals surface area contributed by atoms with E-state index in [0.29, 0.717) is 11.6 Å². The molecule has 4 rings (SSSR count). The van der Waals surface area contributed by atoms with Crippen LogP contribution < -0.4 is 4.74 Å². The molecule has 3 aromatic rings. The molecule has 0 spiro atoms. The zero-order valence-electron chi connectivity index (χ0n) is 20.0. The number of rotatable bonds is 9. The van der Waals surface area contributed by atoms with Gasteiger partial charge >= 0.3 is 0 Å². The van der Waals surface area contributed by atoms with E-state index in [1.54, 1.807) is 0 Å². The topological polar surface area (TPSA) is 49.8 Å². The van der Waals surface area contributed by atoms with Crippen molar-refractivity contribution >= 4 is 29.8 Å². The van der Waals surface area contributed by atoms with Crippen molar-refractivity contribution in [1.29, 1.82) is 0 Å². The van der Waals surface area contributed by atoms with Crippen molar-refractivity contribution in [2.45, 2.75) is 51.3 Å². The molecule has 4 nitrogen and oxygen atoms in total. The Balaban J connectivity index is 0.00000342. The standard InChI is InChI=1S/C29H32ClNO3.ClH/c1-21(32)20-34-28-14-13-23-9-6-12-27(16-25(23)17-28)31(18-22-7-3-2-4-8-22)19-29(33)24-10-5-11-26(30)15-24;/h2-5,7-8,10-11,13-15,17,27,29,33H,6,9,12,16,18-20H2,1H3;1H. The van der Waals surface area contributed by atoms with Gasteiger partial charge in [-0.2, -0.15) is 0 Å². The summed E-state index contributed by atoms with van der Waals surface area (Å²) in [4.78, 5) is 13.8. The molecule has 3 aromatic carbocycles. The molecule has 0 aromatic heterocycles. The van der Waals surface area contributed by atoms with Crippen molar-refractivity contribution in [3.63, 3.8) is 0 Å². The summed E-state index contributed by atoms with van der Waals surface area (Å²) in [7, 11) is 0. The molecule has 0 saturated carbocycles. The Labute approximate surface area is 219 Å². The highest BCUT2D eigenvalue weighted by molar-refractivity contribution is 6.30. The van der Waals surface area contributed by atoms with Crippen molar-refractivity contribution in [3.8, 4) is 5.75 Å². The van der Waals surface area contributed by atoms with Gasteiger partial charge in [0.15, 0.2) is 5.78 Å². The molecule has 2 unspecified atom stereocenters. The first kappa shape index (κ1) is 27.2. The van der Waals surface area contributed by atoms with Gasteiger partial charge in [0.25, 0.3) is 0 Å². The highest BCUT2D eigenvalue weighted by Crippen LogP contribution is 2.29. The van der Waals surface area contributed by atoms with Gasteiger partial charge < -0.3 is 9.84 Å². The lowest BCUT2D eigenvalue weighted by Crippen LogP contribution is -2.39. The average molecular weight is 514 g/mol. The summed E-state index contributed by atoms with van der Waals surface area (Å²) in [5.74, 6) is 0.750. The van der Waals surface area contributed by atoms with Crippen LogP contribution in [0.25, 0.3) is 0 Å². The molecule has 35 heavy (non-hydrogen) atoms. The number of aliphatic hydroxyl groups excluding tert-OH is 1. The lowest BCUT2D eigenvalue weighted by atomic mass is 9.99. The second kappa shape index (κ2) is 13.1. The molecule has 0 bridgehead atoms. The smallest absolute Gasteiger partial charge is 0.167 e. The molecular weight excluding hydrogens is 481 g/mol. The van der Waals surface area contributed by atoms with Gasteiger partial charge in [0.2, 0.25) is 0 Å². The summed E-state index contributed by atoms with van der Waals surface area (Å²) in [5, 5.41) is 11.7. The number of ether oxygens (including phenoxy) is 1. The van der Waals surface area contributed by atoms with E-state index in [2.05, 4.69) is 41.3 Å². The van der Waals surface area contributed by atoms with E-state index in [4.69, 9.17) is 16.3 Å². The molecule has 1 N–H and O–H groups in total. The molecule has 0 saturated heterocycles. The van der Waals surface area contributed by atoms with E-state index in [-0.39, 0.29) is 30.8 Å². The normalized spacial score (nSPS) is 16.1. The van der Waals surface area contributed by atoms with Gasteiger partial charge in [-0.05, 0) is 79.1 Å². The molecule has 6 heteroatoms. The minimum atomic E-state index is -0.629. The molecule has 0 radical (unpaired) electrons. The third kappa shape index (κ3) is 7.81. The van der Waals surface area contributed by atoms with Crippen LogP contribution in [0.1, 0.15) is 48.1 Å². The largest absolute Gasteiger partial charge is 0.486 e. The maximum absolute atomic E-state index is 11.4. The number of hydrogen-bond donors (Lipinski definition) is 1. The van der Waals surface area contributed by atoms with Crippen LogP contribution in [0.15, 0.2) is 72.8 Å². The van der Waals surface area contributed by atoms with Crippen LogP contribution in [0.2, 0.25) is 5.02 Å². The predicted octanol–water partition coefficient (Wildman–Crippen LogP) is 6.21. The third-order valence-corrected chi connectivity index (χ3v) is 6.68. The number of benzene rings is 3. The summed E-state index contributed by atoms with van der Waals surface area (Å²) in [5.41, 5.74) is 4.66. The maximum atomic E-state index is 11.4. The number of aryl methyl sites for hydroxylation is 1. The predicted molar refractivity (Wildman–Crippen MR) is 144 cm³/mol. The number of Topliss-reactive ketones (excluding diaryl/α,β-unsaturated/α-hetero) is 1. The van der Waals surface area contributed by atoms with Gasteiger partial charge in [-0.25, -0.2) is 0 Å². The fourth-order valence-corrected chi connectivity index (χ4v) is 4.91. The summed E-state index contributed by atoms with van der Waals surface area (Å²) in [6.07, 6.45) is 3.41. The van der Waals surface area contributed by atoms with Crippen LogP contribution in [-0.4, -0.2) is 35.0 Å². The molecule has 0 heterocycles. The lowest BCUT2D eigenvalue weighted by Gasteiger charge is -2.33. The Hall–Kier alpha value is -2.37. The number of halogens is 2. The Morgan fingerprint density at radius 3 is 2.63 bits per heavy atom. The van der Waals surface area contributed by atoms with Gasteiger partial charge in [0, 0.05) is 24.2 Å². The number of fused-ring (bicyclic) bond motifs is 1. The number of ketones is 1. The highest BCUT2D eigenvalue weighted by Gasteiger charge is 2.26. The van der Waals surface area contributed by atoms with Gasteiger partial charge in [0.05, 0.1) is 6.10 Å². The average Bonchev–Trinajstić information content (AvgIpc) is 3.05. The maximum Gasteiger partial charge on any atom is 0.167 e. The van der Waals surface area contributed by atoms with Crippen LogP contribution in [0.5, 0.6) is 5.75 Å². The fourth-order valence-electron chi connectivity index (χ4n) is 4.71. The number of carbonyl (C=O) groups is 1. The van der Waals surface area contributed by atoms with E-state index in [1.807, 2.05) is 36.4 Å². The minimum Gasteiger partial charge on any atom is -0.486 e. The number of carbonyl (C=O) groups excluding carboxylic acids is 1. The third-order valence-electron chi connectivity index (χ3n) is 6.44. The molecular formula is C29H33Cl2NO3. The fraction of sp³-hybridized carbons (Fsp3) is 0.345. The summed E-state index contributed by atoms with van der Waals surface area (Å²) < 4.78 is 5.68. The molecule has 1 aliphatic carbocycles. The van der Waals surface area contributed by atoms with E-state index in [0.717, 1.165) is 43.5 Å². The number of aliphatic hydroxyl groups is 1. The van der Waals surface area contributed by atoms with Crippen LogP contribution in [0.3, 0.4) is 0 Å². The monoisotopic (exact) mass is 513 g/mol. The van der Waals surface area contributed by atoms with Crippen LogP contribution in [0, 0.1) is 0 Å². The van der Waals surface area contributed by atoms with Crippen molar-refractivity contribution in [3.05, 3.63) is 100 Å². The van der Waals surface area contributed by atoms with E-state index < -0.39 is 6.10 Å². The van der Waals surface area contributed by atoms with E-state index >= 15 is 0 Å². The first-order valence-electron chi connectivity index (χ1n) is 11.9. The number of hydrogen-bond acceptors (Lipinski definition) is 4. The Kier molecular flexibility index (Phi) is 10.2. The molecule has 2 atom stereocenters. The van der Waals surface area contributed by atoms with Crippen molar-refractivity contribution in [2.75, 3.05) is 13.2 Å². The second-order valence-corrected chi connectivity index (χ2v) is 9.59. The quantitative estimate of drug-likeness (QED) is 0.345. The minimum absolute atomic E-state index is 0. The van der Waals surface area contributed by atoms with Gasteiger partial charge in [-0.1, -0.05) is 60.1 Å². The van der Waals surface area contributed by atoms with Crippen LogP contribution in [-0.2, 0) is 24.2 Å². The van der Waals surface area contributed by atoms with Crippen molar-refractivity contribution < 1.29 is 14.6 Å². The second-order valence-electron chi connectivity index (χ2n) is 9.16. The highest BCUT2D eigenvalue weighted by atomic mass is 35.5. The van der Waals surface area contributed by atoms with Gasteiger partial charge in [0.1, 0.15) is 12.4 Å². The summed E-state index contributed by atoms with van der Waals surface area (Å²) in [6, 6.07) is 24.4. The van der Waals surface area contributed by atoms with E-state index in [9.17, 15) is 9.90 Å². The first-order chi connectivity index (χ1) is 16.5. The zero-order valence-corrected chi connectivity index (χ0v) is 21.6. The Morgan fingerprint density at radius 1 is 1.09 bits per heavy atom. The van der Waals surface area contributed by atoms with Crippen LogP contribution in [0.4, 0.5) is 0 Å². The Bertz CT molecular complexity index is 1110. The first-order valence-corrected chi connectivity index (χ1v) is 12.3. The molecule has 0 amide bonds. The van der Waals surface area contributed by atoms with Crippen molar-refractivity contribution in [2.24, 2.45) is 0 Å². The van der Waals surface area contributed by atoms with Crippen molar-refractivity contribution in [1.82, 2.24) is 4.90 Å². The molecule has 186 valence electrons. The summed E-state index contributed by atoms with van der Waals surface area (Å²) in [6.45, 7) is 2.91. The Morgan fingerprint density at radius 2 is 1.89 bits per heavy atom.